The van der Waals surface area contributed by atoms with Gasteiger partial charge < -0.3 is 10.3 Å². The molecule has 4 rings (SSSR count). The van der Waals surface area contributed by atoms with Gasteiger partial charge in [0.05, 0.1) is 6.67 Å². The molecule has 1 aromatic carbocycles. The minimum atomic E-state index is -0.297. The summed E-state index contributed by atoms with van der Waals surface area (Å²) in [4.78, 5) is 13.5. The third-order valence-electron chi connectivity index (χ3n) is 5.67. The van der Waals surface area contributed by atoms with Crippen molar-refractivity contribution in [2.75, 3.05) is 7.05 Å². The van der Waals surface area contributed by atoms with Gasteiger partial charge in [0.25, 0.3) is 0 Å². The van der Waals surface area contributed by atoms with Crippen LogP contribution in [0.4, 0.5) is 0 Å². The number of hydrogen-bond donors (Lipinski definition) is 1. The van der Waals surface area contributed by atoms with Gasteiger partial charge in [-0.25, -0.2) is 4.68 Å². The second-order valence-corrected chi connectivity index (χ2v) is 8.14. The minimum absolute atomic E-state index is 0.297. The van der Waals surface area contributed by atoms with Crippen LogP contribution in [0.2, 0.25) is 0 Å². The Labute approximate surface area is 165 Å². The normalized spacial score (nSPS) is 19.3. The number of fused-ring (bicyclic) bond motifs is 1. The Balaban J connectivity index is 1.57. The Bertz CT molecular complexity index is 898. The highest BCUT2D eigenvalue weighted by Gasteiger charge is 2.29. The van der Waals surface area contributed by atoms with Gasteiger partial charge in [0.2, 0.25) is 5.91 Å². The molecule has 2 aromatic rings. The smallest absolute Gasteiger partial charge is 0.217 e. The van der Waals surface area contributed by atoms with Crippen LogP contribution < -0.4 is 5.73 Å². The third-order valence-corrected chi connectivity index (χ3v) is 6.08. The molecule has 6 nitrogen and oxygen atoms in total. The van der Waals surface area contributed by atoms with Crippen molar-refractivity contribution in [1.82, 2.24) is 19.2 Å². The molecule has 0 bridgehead atoms. The number of primary amides is 1. The summed E-state index contributed by atoms with van der Waals surface area (Å²) in [7, 11) is 2.15. The molecule has 0 aliphatic heterocycles. The third kappa shape index (κ3) is 3.84. The molecule has 2 aliphatic carbocycles. The number of carbonyl (C=O) groups excluding carboxylic acids is 1. The molecule has 0 spiro atoms. The van der Waals surface area contributed by atoms with Gasteiger partial charge in [-0.1, -0.05) is 24.3 Å². The molecule has 2 N–H and O–H groups in total. The van der Waals surface area contributed by atoms with Crippen molar-refractivity contribution in [3.63, 3.8) is 0 Å². The van der Waals surface area contributed by atoms with Gasteiger partial charge in [-0.15, -0.1) is 0 Å². The van der Waals surface area contributed by atoms with Crippen LogP contribution in [0, 0.1) is 4.77 Å². The maximum atomic E-state index is 11.2. The molecular formula is C20H27N5OS. The number of benzene rings is 1. The molecule has 1 amide bonds. The first-order valence-corrected chi connectivity index (χ1v) is 10.2. The lowest BCUT2D eigenvalue weighted by Crippen LogP contribution is -2.30. The summed E-state index contributed by atoms with van der Waals surface area (Å²) < 4.78 is 4.81. The van der Waals surface area contributed by atoms with Crippen LogP contribution in [0.1, 0.15) is 61.1 Å². The Morgan fingerprint density at radius 1 is 1.33 bits per heavy atom. The molecule has 1 saturated carbocycles. The largest absolute Gasteiger partial charge is 0.370 e. The number of nitrogens with zero attached hydrogens (tertiary/aromatic N) is 4. The number of amides is 1. The highest BCUT2D eigenvalue weighted by atomic mass is 32.1. The molecule has 0 radical (unpaired) electrons. The minimum Gasteiger partial charge on any atom is -0.370 e. The lowest BCUT2D eigenvalue weighted by Gasteiger charge is -2.33. The number of carbonyl (C=O) groups is 1. The summed E-state index contributed by atoms with van der Waals surface area (Å²) in [5.41, 5.74) is 8.21. The highest BCUT2D eigenvalue weighted by molar-refractivity contribution is 7.71. The van der Waals surface area contributed by atoms with Crippen LogP contribution in [0.25, 0.3) is 0 Å². The summed E-state index contributed by atoms with van der Waals surface area (Å²) in [6.07, 6.45) is 6.65. The van der Waals surface area contributed by atoms with Crippen LogP contribution in [-0.4, -0.2) is 32.2 Å². The predicted molar refractivity (Wildman–Crippen MR) is 107 cm³/mol. The number of hydrogen-bond acceptors (Lipinski definition) is 4. The van der Waals surface area contributed by atoms with E-state index in [1.165, 1.54) is 17.5 Å². The fraction of sp³-hybridized carbons (Fsp3) is 0.550. The molecule has 1 heterocycles. The summed E-state index contributed by atoms with van der Waals surface area (Å²) in [6.45, 7) is 0.654. The molecule has 7 heteroatoms. The monoisotopic (exact) mass is 385 g/mol. The molecule has 1 unspecified atom stereocenters. The van der Waals surface area contributed by atoms with Crippen molar-refractivity contribution in [2.24, 2.45) is 5.73 Å². The average molecular weight is 386 g/mol. The molecule has 1 fully saturated rings. The zero-order valence-corrected chi connectivity index (χ0v) is 16.6. The van der Waals surface area contributed by atoms with E-state index in [9.17, 15) is 4.79 Å². The van der Waals surface area contributed by atoms with E-state index in [1.807, 2.05) is 4.68 Å². The van der Waals surface area contributed by atoms with Crippen molar-refractivity contribution in [2.45, 2.75) is 63.7 Å². The highest BCUT2D eigenvalue weighted by Crippen LogP contribution is 2.37. The van der Waals surface area contributed by atoms with Gasteiger partial charge in [0, 0.05) is 24.9 Å². The first-order chi connectivity index (χ1) is 13.0. The van der Waals surface area contributed by atoms with Crippen LogP contribution in [-0.2, 0) is 24.3 Å². The van der Waals surface area contributed by atoms with Crippen LogP contribution in [0.15, 0.2) is 24.3 Å². The maximum Gasteiger partial charge on any atom is 0.217 e. The van der Waals surface area contributed by atoms with E-state index in [0.717, 1.165) is 36.3 Å². The van der Waals surface area contributed by atoms with E-state index in [1.54, 1.807) is 0 Å². The van der Waals surface area contributed by atoms with E-state index >= 15 is 0 Å². The Morgan fingerprint density at radius 3 is 2.85 bits per heavy atom. The first-order valence-electron chi connectivity index (χ1n) is 9.79. The first kappa shape index (κ1) is 18.4. The van der Waals surface area contributed by atoms with Gasteiger partial charge in [0.15, 0.2) is 4.77 Å². The molecular weight excluding hydrogens is 358 g/mol. The van der Waals surface area contributed by atoms with Gasteiger partial charge in [-0.3, -0.25) is 9.69 Å². The molecule has 2 aliphatic rings. The Hall–Kier alpha value is -1.99. The van der Waals surface area contributed by atoms with E-state index in [-0.39, 0.29) is 5.91 Å². The predicted octanol–water partition coefficient (Wildman–Crippen LogP) is 3.13. The number of nitrogens with two attached hydrogens (primary N) is 1. The fourth-order valence-electron chi connectivity index (χ4n) is 4.16. The standard InChI is InChI=1S/C20H27N5OS/c1-23(17-8-4-6-14-5-2-3-7-16(14)17)13-24-20(27)25(15-9-10-15)19(22-24)12-11-18(21)26/h2-3,5,7,15,17H,4,6,8-13H2,1H3,(H2,21,26). The van der Waals surface area contributed by atoms with E-state index in [0.29, 0.717) is 31.6 Å². The summed E-state index contributed by atoms with van der Waals surface area (Å²) in [5, 5.41) is 4.76. The number of aryl methyl sites for hydroxylation is 2. The lowest BCUT2D eigenvalue weighted by atomic mass is 9.87. The van der Waals surface area contributed by atoms with E-state index < -0.39 is 0 Å². The summed E-state index contributed by atoms with van der Waals surface area (Å²) in [6, 6.07) is 9.56. The van der Waals surface area contributed by atoms with Gasteiger partial charge in [0.1, 0.15) is 5.82 Å². The van der Waals surface area contributed by atoms with Crippen molar-refractivity contribution >= 4 is 18.1 Å². The van der Waals surface area contributed by atoms with Gasteiger partial charge in [-0.05, 0) is 62.5 Å². The molecule has 144 valence electrons. The van der Waals surface area contributed by atoms with Crippen LogP contribution >= 0.6 is 12.2 Å². The van der Waals surface area contributed by atoms with Crippen molar-refractivity contribution in [3.05, 3.63) is 46.0 Å². The van der Waals surface area contributed by atoms with Gasteiger partial charge in [-0.2, -0.15) is 5.10 Å². The zero-order valence-electron chi connectivity index (χ0n) is 15.8. The van der Waals surface area contributed by atoms with Gasteiger partial charge >= 0.3 is 0 Å². The van der Waals surface area contributed by atoms with E-state index in [2.05, 4.69) is 40.8 Å². The maximum absolute atomic E-state index is 11.2. The second-order valence-electron chi connectivity index (χ2n) is 7.77. The van der Waals surface area contributed by atoms with Crippen molar-refractivity contribution in [3.8, 4) is 0 Å². The quantitative estimate of drug-likeness (QED) is 0.744. The summed E-state index contributed by atoms with van der Waals surface area (Å²) >= 11 is 5.73. The van der Waals surface area contributed by atoms with E-state index in [4.69, 9.17) is 23.1 Å². The molecule has 1 atom stereocenters. The van der Waals surface area contributed by atoms with Crippen LogP contribution in [0.5, 0.6) is 0 Å². The Kier molecular flexibility index (Phi) is 5.14. The van der Waals surface area contributed by atoms with Crippen LogP contribution in [0.3, 0.4) is 0 Å². The lowest BCUT2D eigenvalue weighted by molar-refractivity contribution is -0.118. The fourth-order valence-corrected chi connectivity index (χ4v) is 4.51. The SMILES string of the molecule is CN(Cn1nc(CCC(N)=O)n(C2CC2)c1=S)C1CCCc2ccccc21. The molecule has 0 saturated heterocycles. The topological polar surface area (TPSA) is 69.1 Å². The average Bonchev–Trinajstić information content (AvgIpc) is 3.45. The van der Waals surface area contributed by atoms with Crippen molar-refractivity contribution < 1.29 is 4.79 Å². The molecule has 1 aromatic heterocycles. The summed E-state index contributed by atoms with van der Waals surface area (Å²) in [5.74, 6) is 0.590. The van der Waals surface area contributed by atoms with Crippen molar-refractivity contribution in [1.29, 1.82) is 0 Å². The number of rotatable bonds is 7. The number of aromatic nitrogens is 3. The zero-order chi connectivity index (χ0) is 19.0. The second kappa shape index (κ2) is 7.56. The molecule has 27 heavy (non-hydrogen) atoms. The Morgan fingerprint density at radius 2 is 2.11 bits per heavy atom.